The smallest absolute Gasteiger partial charge is 0.244 e. The largest absolute Gasteiger partial charge is 0.368 e. The van der Waals surface area contributed by atoms with E-state index in [1.54, 1.807) is 18.2 Å². The zero-order chi connectivity index (χ0) is 13.5. The Kier molecular flexibility index (Phi) is 4.86. The van der Waals surface area contributed by atoms with Crippen molar-refractivity contribution in [1.82, 2.24) is 10.6 Å². The first kappa shape index (κ1) is 13.7. The molecule has 0 aromatic heterocycles. The molecule has 1 atom stereocenters. The maximum Gasteiger partial charge on any atom is 0.244 e. The summed E-state index contributed by atoms with van der Waals surface area (Å²) in [5, 5.41) is 4.67. The van der Waals surface area contributed by atoms with E-state index in [4.69, 9.17) is 5.73 Å². The molecule has 4 N–H and O–H groups in total. The number of nitrogens with one attached hydrogen (secondary N) is 2. The fourth-order valence-electron chi connectivity index (χ4n) is 1.51. The molecular weight excluding hydrogens is 234 g/mol. The molecule has 6 nitrogen and oxygen atoms in total. The maximum absolute atomic E-state index is 11.4. The lowest BCUT2D eigenvalue weighted by atomic mass is 10.0. The third-order valence-electron chi connectivity index (χ3n) is 2.31. The Morgan fingerprint density at radius 1 is 1.44 bits per heavy atom. The van der Waals surface area contributed by atoms with Crippen LogP contribution >= 0.6 is 0 Å². The van der Waals surface area contributed by atoms with E-state index in [0.717, 1.165) is 5.56 Å². The van der Waals surface area contributed by atoms with Crippen LogP contribution in [0, 0.1) is 6.92 Å². The first-order valence-electron chi connectivity index (χ1n) is 5.37. The van der Waals surface area contributed by atoms with Gasteiger partial charge in [0.15, 0.2) is 0 Å². The maximum atomic E-state index is 11.4. The highest BCUT2D eigenvalue weighted by Crippen LogP contribution is 2.13. The molecule has 0 fully saturated rings. The van der Waals surface area contributed by atoms with Crippen molar-refractivity contribution in [1.29, 1.82) is 0 Å². The van der Waals surface area contributed by atoms with Crippen molar-refractivity contribution in [3.63, 3.8) is 0 Å². The molecule has 18 heavy (non-hydrogen) atoms. The van der Waals surface area contributed by atoms with Gasteiger partial charge in [0.1, 0.15) is 6.04 Å². The van der Waals surface area contributed by atoms with Crippen molar-refractivity contribution in [2.75, 3.05) is 6.54 Å². The van der Waals surface area contributed by atoms with Crippen LogP contribution in [0.25, 0.3) is 0 Å². The first-order chi connectivity index (χ1) is 8.54. The number of carbonyl (C=O) groups is 3. The van der Waals surface area contributed by atoms with Gasteiger partial charge >= 0.3 is 0 Å². The number of amides is 3. The number of benzene rings is 1. The lowest BCUT2D eigenvalue weighted by molar-refractivity contribution is -0.127. The van der Waals surface area contributed by atoms with E-state index in [9.17, 15) is 14.4 Å². The van der Waals surface area contributed by atoms with Crippen LogP contribution in [0.15, 0.2) is 24.3 Å². The molecule has 3 amide bonds. The van der Waals surface area contributed by atoms with Crippen LogP contribution in [0.2, 0.25) is 0 Å². The van der Waals surface area contributed by atoms with E-state index in [1.807, 2.05) is 13.0 Å². The molecule has 6 heteroatoms. The van der Waals surface area contributed by atoms with Gasteiger partial charge in [0, 0.05) is 0 Å². The molecule has 0 bridgehead atoms. The summed E-state index contributed by atoms with van der Waals surface area (Å²) in [5.41, 5.74) is 6.82. The molecule has 0 heterocycles. The molecule has 96 valence electrons. The van der Waals surface area contributed by atoms with Gasteiger partial charge in [0.25, 0.3) is 0 Å². The number of rotatable bonds is 6. The fraction of sp³-hybridized carbons (Fsp3) is 0.250. The van der Waals surface area contributed by atoms with Crippen LogP contribution in [0.3, 0.4) is 0 Å². The average molecular weight is 249 g/mol. The summed E-state index contributed by atoms with van der Waals surface area (Å²) >= 11 is 0. The Balaban J connectivity index is 2.80. The molecule has 0 saturated carbocycles. The van der Waals surface area contributed by atoms with Gasteiger partial charge in [0.2, 0.25) is 18.2 Å². The van der Waals surface area contributed by atoms with Crippen LogP contribution in [0.1, 0.15) is 17.2 Å². The van der Waals surface area contributed by atoms with Gasteiger partial charge in [-0.25, -0.2) is 0 Å². The van der Waals surface area contributed by atoms with Crippen molar-refractivity contribution < 1.29 is 14.4 Å². The number of carbonyl (C=O) groups excluding carboxylic acids is 3. The topological polar surface area (TPSA) is 101 Å². The van der Waals surface area contributed by atoms with Crippen LogP contribution in [-0.4, -0.2) is 24.8 Å². The van der Waals surface area contributed by atoms with E-state index in [1.165, 1.54) is 0 Å². The van der Waals surface area contributed by atoms with E-state index in [2.05, 4.69) is 10.6 Å². The van der Waals surface area contributed by atoms with Gasteiger partial charge in [0.05, 0.1) is 6.54 Å². The SMILES string of the molecule is Cc1cccc(C(NC(=O)CNC=O)C(N)=O)c1. The molecule has 0 spiro atoms. The molecule has 1 unspecified atom stereocenters. The van der Waals surface area contributed by atoms with Gasteiger partial charge in [-0.05, 0) is 12.5 Å². The van der Waals surface area contributed by atoms with E-state index in [0.29, 0.717) is 12.0 Å². The summed E-state index contributed by atoms with van der Waals surface area (Å²) in [4.78, 5) is 32.8. The first-order valence-corrected chi connectivity index (χ1v) is 5.37. The second kappa shape index (κ2) is 6.39. The Labute approximate surface area is 105 Å². The van der Waals surface area contributed by atoms with Crippen LogP contribution < -0.4 is 16.4 Å². The van der Waals surface area contributed by atoms with Crippen LogP contribution in [0.5, 0.6) is 0 Å². The number of nitrogens with two attached hydrogens (primary N) is 1. The Hall–Kier alpha value is -2.37. The zero-order valence-corrected chi connectivity index (χ0v) is 9.97. The molecule has 0 radical (unpaired) electrons. The monoisotopic (exact) mass is 249 g/mol. The highest BCUT2D eigenvalue weighted by atomic mass is 16.2. The summed E-state index contributed by atoms with van der Waals surface area (Å²) < 4.78 is 0. The Morgan fingerprint density at radius 2 is 2.17 bits per heavy atom. The summed E-state index contributed by atoms with van der Waals surface area (Å²) in [7, 11) is 0. The Bertz CT molecular complexity index is 460. The highest BCUT2D eigenvalue weighted by Gasteiger charge is 2.19. The number of aryl methyl sites for hydroxylation is 1. The van der Waals surface area contributed by atoms with E-state index in [-0.39, 0.29) is 6.54 Å². The summed E-state index contributed by atoms with van der Waals surface area (Å²) in [5.74, 6) is -1.13. The van der Waals surface area contributed by atoms with Crippen molar-refractivity contribution in [2.24, 2.45) is 5.73 Å². The van der Waals surface area contributed by atoms with Gasteiger partial charge in [-0.3, -0.25) is 14.4 Å². The van der Waals surface area contributed by atoms with Crippen LogP contribution in [-0.2, 0) is 14.4 Å². The summed E-state index contributed by atoms with van der Waals surface area (Å²) in [6.45, 7) is 1.68. The van der Waals surface area contributed by atoms with E-state index < -0.39 is 17.9 Å². The van der Waals surface area contributed by atoms with Crippen molar-refractivity contribution in [2.45, 2.75) is 13.0 Å². The second-order valence-electron chi connectivity index (χ2n) is 3.82. The average Bonchev–Trinajstić information content (AvgIpc) is 2.33. The molecule has 0 saturated heterocycles. The highest BCUT2D eigenvalue weighted by molar-refractivity contribution is 5.88. The molecule has 0 aliphatic carbocycles. The lowest BCUT2D eigenvalue weighted by Crippen LogP contribution is -2.41. The van der Waals surface area contributed by atoms with Gasteiger partial charge in [-0.2, -0.15) is 0 Å². The minimum atomic E-state index is -0.897. The minimum absolute atomic E-state index is 0.195. The number of hydrogen-bond donors (Lipinski definition) is 3. The quantitative estimate of drug-likeness (QED) is 0.586. The predicted octanol–water partition coefficient (Wildman–Crippen LogP) is -0.616. The van der Waals surface area contributed by atoms with E-state index >= 15 is 0 Å². The summed E-state index contributed by atoms with van der Waals surface area (Å²) in [6.07, 6.45) is 0.408. The lowest BCUT2D eigenvalue weighted by Gasteiger charge is -2.16. The molecule has 0 aliphatic heterocycles. The normalized spacial score (nSPS) is 11.4. The van der Waals surface area contributed by atoms with Crippen LogP contribution in [0.4, 0.5) is 0 Å². The van der Waals surface area contributed by atoms with Gasteiger partial charge in [-0.1, -0.05) is 29.8 Å². The summed E-state index contributed by atoms with van der Waals surface area (Å²) in [6, 6.07) is 6.22. The van der Waals surface area contributed by atoms with Crippen molar-refractivity contribution in [3.8, 4) is 0 Å². The fourth-order valence-corrected chi connectivity index (χ4v) is 1.51. The molecule has 0 aliphatic rings. The molecular formula is C12H15N3O3. The molecule has 1 aromatic carbocycles. The third kappa shape index (κ3) is 3.89. The third-order valence-corrected chi connectivity index (χ3v) is 2.31. The second-order valence-corrected chi connectivity index (χ2v) is 3.82. The van der Waals surface area contributed by atoms with Gasteiger partial charge < -0.3 is 16.4 Å². The molecule has 1 aromatic rings. The molecule has 1 rings (SSSR count). The number of hydrogen-bond acceptors (Lipinski definition) is 3. The zero-order valence-electron chi connectivity index (χ0n) is 9.97. The Morgan fingerprint density at radius 3 is 2.72 bits per heavy atom. The number of primary amides is 1. The van der Waals surface area contributed by atoms with Gasteiger partial charge in [-0.15, -0.1) is 0 Å². The standard InChI is InChI=1S/C12H15N3O3/c1-8-3-2-4-9(5-8)11(12(13)18)15-10(17)6-14-7-16/h2-5,7,11H,6H2,1H3,(H2,13,18)(H,14,16)(H,15,17). The predicted molar refractivity (Wildman–Crippen MR) is 65.3 cm³/mol. The minimum Gasteiger partial charge on any atom is -0.368 e. The van der Waals surface area contributed by atoms with Crippen molar-refractivity contribution >= 4 is 18.2 Å². The van der Waals surface area contributed by atoms with Crippen molar-refractivity contribution in [3.05, 3.63) is 35.4 Å².